The number of hydrogen-bond donors (Lipinski definition) is 3. The summed E-state index contributed by atoms with van der Waals surface area (Å²) >= 11 is 0. The van der Waals surface area contributed by atoms with Crippen molar-refractivity contribution >= 4 is 11.6 Å². The molecule has 1 heterocycles. The van der Waals surface area contributed by atoms with Crippen molar-refractivity contribution in [2.75, 3.05) is 37.9 Å². The standard InChI is InChI=1S/C10H18N4O2/c1-11-9-8(16-2)10(14-7-13-9)12-5-3-4-6-15/h7,15H,3-6H2,1-2H3,(H2,11,12,13,14). The minimum absolute atomic E-state index is 0.213. The van der Waals surface area contributed by atoms with Gasteiger partial charge < -0.3 is 20.5 Å². The molecule has 0 saturated carbocycles. The second-order valence-electron chi connectivity index (χ2n) is 3.21. The van der Waals surface area contributed by atoms with E-state index in [-0.39, 0.29) is 6.61 Å². The summed E-state index contributed by atoms with van der Waals surface area (Å²) in [5.41, 5.74) is 0. The SMILES string of the molecule is CNc1ncnc(NCCCCO)c1OC. The average molecular weight is 226 g/mol. The molecule has 0 amide bonds. The normalized spacial score (nSPS) is 9.94. The molecule has 1 aromatic heterocycles. The van der Waals surface area contributed by atoms with Crippen molar-refractivity contribution in [1.29, 1.82) is 0 Å². The first-order valence-electron chi connectivity index (χ1n) is 5.25. The topological polar surface area (TPSA) is 79.3 Å². The summed E-state index contributed by atoms with van der Waals surface area (Å²) in [5.74, 6) is 1.93. The van der Waals surface area contributed by atoms with Gasteiger partial charge in [0.25, 0.3) is 0 Å². The summed E-state index contributed by atoms with van der Waals surface area (Å²) in [7, 11) is 3.36. The smallest absolute Gasteiger partial charge is 0.204 e. The van der Waals surface area contributed by atoms with Gasteiger partial charge in [-0.3, -0.25) is 0 Å². The molecule has 1 aromatic rings. The second kappa shape index (κ2) is 6.84. The van der Waals surface area contributed by atoms with Crippen molar-refractivity contribution in [1.82, 2.24) is 9.97 Å². The molecule has 90 valence electrons. The maximum absolute atomic E-state index is 8.66. The van der Waals surface area contributed by atoms with Gasteiger partial charge in [0.15, 0.2) is 11.6 Å². The zero-order chi connectivity index (χ0) is 11.8. The van der Waals surface area contributed by atoms with Crippen LogP contribution >= 0.6 is 0 Å². The molecule has 0 aliphatic carbocycles. The van der Waals surface area contributed by atoms with E-state index < -0.39 is 0 Å². The number of aromatic nitrogens is 2. The first-order chi connectivity index (χ1) is 7.83. The Bertz CT molecular complexity index is 320. The molecule has 0 atom stereocenters. The van der Waals surface area contributed by atoms with E-state index in [0.717, 1.165) is 19.4 Å². The number of anilines is 2. The zero-order valence-electron chi connectivity index (χ0n) is 9.66. The third-order valence-electron chi connectivity index (χ3n) is 2.12. The number of aliphatic hydroxyl groups is 1. The fourth-order valence-corrected chi connectivity index (χ4v) is 1.31. The van der Waals surface area contributed by atoms with Gasteiger partial charge in [-0.2, -0.15) is 0 Å². The highest BCUT2D eigenvalue weighted by atomic mass is 16.5. The van der Waals surface area contributed by atoms with Gasteiger partial charge >= 0.3 is 0 Å². The lowest BCUT2D eigenvalue weighted by Crippen LogP contribution is -2.08. The van der Waals surface area contributed by atoms with Gasteiger partial charge in [0, 0.05) is 20.2 Å². The molecule has 0 spiro atoms. The van der Waals surface area contributed by atoms with Crippen LogP contribution < -0.4 is 15.4 Å². The van der Waals surface area contributed by atoms with E-state index in [1.54, 1.807) is 14.2 Å². The summed E-state index contributed by atoms with van der Waals surface area (Å²) in [4.78, 5) is 8.15. The summed E-state index contributed by atoms with van der Waals surface area (Å²) in [6.45, 7) is 0.960. The van der Waals surface area contributed by atoms with E-state index in [4.69, 9.17) is 9.84 Å². The lowest BCUT2D eigenvalue weighted by atomic mass is 10.3. The van der Waals surface area contributed by atoms with Crippen molar-refractivity contribution in [3.8, 4) is 5.75 Å². The Morgan fingerprint density at radius 1 is 1.31 bits per heavy atom. The molecule has 0 radical (unpaired) electrons. The number of nitrogens with one attached hydrogen (secondary N) is 2. The third-order valence-corrected chi connectivity index (χ3v) is 2.12. The second-order valence-corrected chi connectivity index (χ2v) is 3.21. The van der Waals surface area contributed by atoms with Gasteiger partial charge in [0.05, 0.1) is 7.11 Å². The van der Waals surface area contributed by atoms with Crippen LogP contribution in [0.5, 0.6) is 5.75 Å². The van der Waals surface area contributed by atoms with Gasteiger partial charge in [-0.25, -0.2) is 9.97 Å². The summed E-state index contributed by atoms with van der Waals surface area (Å²) in [6, 6.07) is 0. The van der Waals surface area contributed by atoms with Crippen LogP contribution in [0.1, 0.15) is 12.8 Å². The number of hydrogen-bond acceptors (Lipinski definition) is 6. The molecule has 6 heteroatoms. The fraction of sp³-hybridized carbons (Fsp3) is 0.600. The van der Waals surface area contributed by atoms with Crippen LogP contribution in [-0.2, 0) is 0 Å². The molecule has 0 fully saturated rings. The summed E-state index contributed by atoms with van der Waals surface area (Å²) in [5, 5.41) is 14.7. The number of methoxy groups -OCH3 is 1. The Morgan fingerprint density at radius 3 is 2.69 bits per heavy atom. The molecule has 0 aromatic carbocycles. The average Bonchev–Trinajstić information content (AvgIpc) is 2.34. The molecule has 0 bridgehead atoms. The number of ether oxygens (including phenoxy) is 1. The highest BCUT2D eigenvalue weighted by molar-refractivity contribution is 5.63. The number of nitrogens with zero attached hydrogens (tertiary/aromatic N) is 2. The van der Waals surface area contributed by atoms with Crippen molar-refractivity contribution in [3.05, 3.63) is 6.33 Å². The Balaban J connectivity index is 2.63. The maximum Gasteiger partial charge on any atom is 0.204 e. The molecule has 3 N–H and O–H groups in total. The lowest BCUT2D eigenvalue weighted by Gasteiger charge is -2.12. The van der Waals surface area contributed by atoms with Crippen LogP contribution in [0.3, 0.4) is 0 Å². The summed E-state index contributed by atoms with van der Waals surface area (Å²) < 4.78 is 5.22. The largest absolute Gasteiger partial charge is 0.490 e. The van der Waals surface area contributed by atoms with E-state index in [1.807, 2.05) is 0 Å². The Morgan fingerprint density at radius 2 is 2.06 bits per heavy atom. The summed E-state index contributed by atoms with van der Waals surface area (Å²) in [6.07, 6.45) is 3.14. The molecule has 16 heavy (non-hydrogen) atoms. The number of rotatable bonds is 7. The predicted octanol–water partition coefficient (Wildman–Crippen LogP) is 0.711. The predicted molar refractivity (Wildman–Crippen MR) is 62.9 cm³/mol. The van der Waals surface area contributed by atoms with E-state index >= 15 is 0 Å². The Kier molecular flexibility index (Phi) is 5.35. The first kappa shape index (κ1) is 12.5. The highest BCUT2D eigenvalue weighted by Gasteiger charge is 2.09. The van der Waals surface area contributed by atoms with Crippen molar-refractivity contribution < 1.29 is 9.84 Å². The van der Waals surface area contributed by atoms with Gasteiger partial charge in [0.2, 0.25) is 5.75 Å². The number of aliphatic hydroxyl groups excluding tert-OH is 1. The van der Waals surface area contributed by atoms with Gasteiger partial charge in [-0.1, -0.05) is 0 Å². The van der Waals surface area contributed by atoms with E-state index in [0.29, 0.717) is 17.4 Å². The van der Waals surface area contributed by atoms with Crippen LogP contribution in [-0.4, -0.2) is 42.4 Å². The Hall–Kier alpha value is -1.56. The third kappa shape index (κ3) is 3.23. The van der Waals surface area contributed by atoms with Crippen molar-refractivity contribution in [2.24, 2.45) is 0 Å². The molecular formula is C10H18N4O2. The van der Waals surface area contributed by atoms with E-state index in [2.05, 4.69) is 20.6 Å². The van der Waals surface area contributed by atoms with Crippen molar-refractivity contribution in [3.63, 3.8) is 0 Å². The molecule has 0 aliphatic heterocycles. The molecule has 6 nitrogen and oxygen atoms in total. The van der Waals surface area contributed by atoms with Gasteiger partial charge in [-0.15, -0.1) is 0 Å². The molecule has 1 rings (SSSR count). The van der Waals surface area contributed by atoms with Crippen LogP contribution in [0.4, 0.5) is 11.6 Å². The fourth-order valence-electron chi connectivity index (χ4n) is 1.31. The van der Waals surface area contributed by atoms with Crippen molar-refractivity contribution in [2.45, 2.75) is 12.8 Å². The van der Waals surface area contributed by atoms with Crippen LogP contribution in [0, 0.1) is 0 Å². The highest BCUT2D eigenvalue weighted by Crippen LogP contribution is 2.28. The van der Waals surface area contributed by atoms with Crippen LogP contribution in [0.25, 0.3) is 0 Å². The molecule has 0 aliphatic rings. The van der Waals surface area contributed by atoms with Gasteiger partial charge in [-0.05, 0) is 12.8 Å². The van der Waals surface area contributed by atoms with E-state index in [9.17, 15) is 0 Å². The minimum atomic E-state index is 0.213. The molecule has 0 saturated heterocycles. The van der Waals surface area contributed by atoms with E-state index in [1.165, 1.54) is 6.33 Å². The lowest BCUT2D eigenvalue weighted by molar-refractivity contribution is 0.286. The number of unbranched alkanes of at least 4 members (excludes halogenated alkanes) is 1. The molecular weight excluding hydrogens is 208 g/mol. The Labute approximate surface area is 95.1 Å². The minimum Gasteiger partial charge on any atom is -0.490 e. The maximum atomic E-state index is 8.66. The van der Waals surface area contributed by atoms with Crippen LogP contribution in [0.15, 0.2) is 6.33 Å². The molecule has 0 unspecified atom stereocenters. The monoisotopic (exact) mass is 226 g/mol. The van der Waals surface area contributed by atoms with Gasteiger partial charge in [0.1, 0.15) is 6.33 Å². The zero-order valence-corrected chi connectivity index (χ0v) is 9.66. The first-order valence-corrected chi connectivity index (χ1v) is 5.25. The van der Waals surface area contributed by atoms with Crippen LogP contribution in [0.2, 0.25) is 0 Å². The quantitative estimate of drug-likeness (QED) is 0.594.